The summed E-state index contributed by atoms with van der Waals surface area (Å²) in [4.78, 5) is 4.86. The molecule has 0 spiro atoms. The quantitative estimate of drug-likeness (QED) is 0.254. The predicted molar refractivity (Wildman–Crippen MR) is 132 cm³/mol. The van der Waals surface area contributed by atoms with Gasteiger partial charge in [0.1, 0.15) is 0 Å². The van der Waals surface area contributed by atoms with Gasteiger partial charge in [0, 0.05) is 36.6 Å². The van der Waals surface area contributed by atoms with Gasteiger partial charge in [0.2, 0.25) is 0 Å². The van der Waals surface area contributed by atoms with Crippen molar-refractivity contribution in [2.45, 2.75) is 26.2 Å². The molecule has 0 N–H and O–H groups in total. The van der Waals surface area contributed by atoms with E-state index in [-0.39, 0.29) is 5.41 Å². The van der Waals surface area contributed by atoms with Crippen LogP contribution in [-0.4, -0.2) is 4.98 Å². The van der Waals surface area contributed by atoms with E-state index in [2.05, 4.69) is 74.0 Å². The number of hydrogen-bond acceptors (Lipinski definition) is 4. The van der Waals surface area contributed by atoms with Gasteiger partial charge in [-0.2, -0.15) is 0 Å². The molecule has 0 fully saturated rings. The van der Waals surface area contributed by atoms with Crippen LogP contribution in [0.1, 0.15) is 26.3 Å². The monoisotopic (exact) mass is 429 g/mol. The first kappa shape index (κ1) is 17.6. The number of hydrogen-bond donors (Lipinski definition) is 0. The van der Waals surface area contributed by atoms with E-state index in [1.165, 1.54) is 51.5 Å². The van der Waals surface area contributed by atoms with Crippen LogP contribution in [0.2, 0.25) is 0 Å². The smallest absolute Gasteiger partial charge is 0.0880 e. The first-order valence-corrected chi connectivity index (χ1v) is 12.3. The number of thiophene rings is 3. The predicted octanol–water partition coefficient (Wildman–Crippen LogP) is 8.84. The van der Waals surface area contributed by atoms with Crippen molar-refractivity contribution in [2.75, 3.05) is 0 Å². The Morgan fingerprint density at radius 1 is 0.759 bits per heavy atom. The molecule has 4 heterocycles. The van der Waals surface area contributed by atoms with Gasteiger partial charge in [0.25, 0.3) is 0 Å². The standard InChI is InChI=1S/C25H19NS3/c1-25(2,3)19-12-16(10-15-6-9-28-23(15)19)22-24-17(4-7-26-22)18-11-14-5-8-27-20(14)13-21(18)29-24/h4-13H,1-3H3. The van der Waals surface area contributed by atoms with Crippen molar-refractivity contribution in [3.63, 3.8) is 0 Å². The van der Waals surface area contributed by atoms with E-state index in [0.29, 0.717) is 0 Å². The average molecular weight is 430 g/mol. The summed E-state index contributed by atoms with van der Waals surface area (Å²) in [5.74, 6) is 0. The van der Waals surface area contributed by atoms with Crippen LogP contribution in [-0.2, 0) is 5.41 Å². The van der Waals surface area contributed by atoms with Crippen molar-refractivity contribution >= 4 is 74.4 Å². The second-order valence-corrected chi connectivity index (χ2v) is 11.5. The molecule has 0 atom stereocenters. The second-order valence-electron chi connectivity index (χ2n) is 8.56. The van der Waals surface area contributed by atoms with Gasteiger partial charge < -0.3 is 0 Å². The van der Waals surface area contributed by atoms with Crippen molar-refractivity contribution in [3.8, 4) is 11.3 Å². The molecule has 6 rings (SSSR count). The number of nitrogens with zero attached hydrogens (tertiary/aromatic N) is 1. The molecule has 0 saturated carbocycles. The highest BCUT2D eigenvalue weighted by atomic mass is 32.1. The van der Waals surface area contributed by atoms with Gasteiger partial charge in [0.15, 0.2) is 0 Å². The minimum Gasteiger partial charge on any atom is -0.255 e. The number of aromatic nitrogens is 1. The Bertz CT molecular complexity index is 1540. The summed E-state index contributed by atoms with van der Waals surface area (Å²) in [6.07, 6.45) is 1.97. The fraction of sp³-hybridized carbons (Fsp3) is 0.160. The lowest BCUT2D eigenvalue weighted by Gasteiger charge is -2.21. The van der Waals surface area contributed by atoms with Crippen molar-refractivity contribution in [2.24, 2.45) is 0 Å². The Morgan fingerprint density at radius 3 is 2.45 bits per heavy atom. The van der Waals surface area contributed by atoms with Crippen molar-refractivity contribution in [1.29, 1.82) is 0 Å². The Labute approximate surface area is 181 Å². The minimum atomic E-state index is 0.0948. The summed E-state index contributed by atoms with van der Waals surface area (Å²) >= 11 is 5.52. The molecule has 6 aromatic rings. The first-order chi connectivity index (χ1) is 14.0. The van der Waals surface area contributed by atoms with E-state index in [0.717, 1.165) is 5.69 Å². The van der Waals surface area contributed by atoms with Crippen molar-refractivity contribution in [1.82, 2.24) is 4.98 Å². The van der Waals surface area contributed by atoms with Crippen LogP contribution in [0.25, 0.3) is 51.6 Å². The molecule has 0 aliphatic heterocycles. The Hall–Kier alpha value is -2.27. The SMILES string of the molecule is CC(C)(C)c1cc(-c2nccc3c2sc2cc4sccc4cc23)cc2ccsc12. The van der Waals surface area contributed by atoms with Crippen LogP contribution in [0.3, 0.4) is 0 Å². The number of fused-ring (bicyclic) bond motifs is 5. The molecule has 0 radical (unpaired) electrons. The van der Waals surface area contributed by atoms with Gasteiger partial charge in [-0.05, 0) is 75.0 Å². The molecule has 4 heteroatoms. The second kappa shape index (κ2) is 6.11. The van der Waals surface area contributed by atoms with E-state index in [9.17, 15) is 0 Å². The molecule has 142 valence electrons. The van der Waals surface area contributed by atoms with Crippen LogP contribution in [0.4, 0.5) is 0 Å². The topological polar surface area (TPSA) is 12.9 Å². The zero-order chi connectivity index (χ0) is 19.8. The summed E-state index contributed by atoms with van der Waals surface area (Å²) in [5, 5.41) is 9.67. The highest BCUT2D eigenvalue weighted by Gasteiger charge is 2.21. The summed E-state index contributed by atoms with van der Waals surface area (Å²) < 4.78 is 5.38. The highest BCUT2D eigenvalue weighted by Crippen LogP contribution is 2.43. The number of rotatable bonds is 1. The molecule has 4 aromatic heterocycles. The lowest BCUT2D eigenvalue weighted by molar-refractivity contribution is 0.597. The third-order valence-electron chi connectivity index (χ3n) is 5.59. The van der Waals surface area contributed by atoms with E-state index in [1.54, 1.807) is 0 Å². The average Bonchev–Trinajstić information content (AvgIpc) is 3.41. The maximum atomic E-state index is 4.86. The van der Waals surface area contributed by atoms with Crippen LogP contribution in [0.15, 0.2) is 59.4 Å². The van der Waals surface area contributed by atoms with E-state index in [1.807, 2.05) is 40.2 Å². The molecule has 0 bridgehead atoms. The van der Waals surface area contributed by atoms with Gasteiger partial charge in [0.05, 0.1) is 10.4 Å². The molecule has 29 heavy (non-hydrogen) atoms. The molecular weight excluding hydrogens is 410 g/mol. The third kappa shape index (κ3) is 2.67. The zero-order valence-electron chi connectivity index (χ0n) is 16.4. The molecule has 0 aliphatic rings. The molecule has 0 unspecified atom stereocenters. The van der Waals surface area contributed by atoms with Crippen molar-refractivity contribution < 1.29 is 0 Å². The first-order valence-electron chi connectivity index (χ1n) is 9.70. The normalized spacial score (nSPS) is 12.7. The van der Waals surface area contributed by atoms with Gasteiger partial charge in [-0.3, -0.25) is 4.98 Å². The molecule has 0 amide bonds. The van der Waals surface area contributed by atoms with Gasteiger partial charge >= 0.3 is 0 Å². The summed E-state index contributed by atoms with van der Waals surface area (Å²) in [7, 11) is 0. The summed E-state index contributed by atoms with van der Waals surface area (Å²) in [6.45, 7) is 6.89. The Morgan fingerprint density at radius 2 is 1.59 bits per heavy atom. The van der Waals surface area contributed by atoms with Gasteiger partial charge in [-0.25, -0.2) is 0 Å². The van der Waals surface area contributed by atoms with Crippen LogP contribution in [0, 0.1) is 0 Å². The summed E-state index contributed by atoms with van der Waals surface area (Å²) in [5.41, 5.74) is 3.82. The largest absolute Gasteiger partial charge is 0.255 e. The van der Waals surface area contributed by atoms with E-state index in [4.69, 9.17) is 4.98 Å². The fourth-order valence-electron chi connectivity index (χ4n) is 4.14. The maximum Gasteiger partial charge on any atom is 0.0880 e. The highest BCUT2D eigenvalue weighted by molar-refractivity contribution is 7.26. The fourth-order valence-corrected chi connectivity index (χ4v) is 7.36. The zero-order valence-corrected chi connectivity index (χ0v) is 18.9. The molecular formula is C25H19NS3. The lowest BCUT2D eigenvalue weighted by Crippen LogP contribution is -2.11. The Kier molecular flexibility index (Phi) is 3.71. The molecule has 0 saturated heterocycles. The van der Waals surface area contributed by atoms with Gasteiger partial charge in [-0.1, -0.05) is 20.8 Å². The van der Waals surface area contributed by atoms with Crippen LogP contribution < -0.4 is 0 Å². The Balaban J connectivity index is 1.68. The minimum absolute atomic E-state index is 0.0948. The lowest BCUT2D eigenvalue weighted by atomic mass is 9.85. The van der Waals surface area contributed by atoms with Crippen LogP contribution in [0.5, 0.6) is 0 Å². The third-order valence-corrected chi connectivity index (χ3v) is 8.61. The summed E-state index contributed by atoms with van der Waals surface area (Å²) in [6, 6.07) is 16.0. The molecule has 0 aliphatic carbocycles. The molecule has 2 aromatic carbocycles. The number of benzene rings is 2. The van der Waals surface area contributed by atoms with E-state index >= 15 is 0 Å². The van der Waals surface area contributed by atoms with E-state index < -0.39 is 0 Å². The van der Waals surface area contributed by atoms with Gasteiger partial charge in [-0.15, -0.1) is 34.0 Å². The molecule has 1 nitrogen and oxygen atoms in total. The van der Waals surface area contributed by atoms with Crippen LogP contribution >= 0.6 is 34.0 Å². The van der Waals surface area contributed by atoms with Crippen molar-refractivity contribution in [3.05, 3.63) is 65.0 Å². The maximum absolute atomic E-state index is 4.86. The number of pyridine rings is 1.